The lowest BCUT2D eigenvalue weighted by molar-refractivity contribution is -0.139. The van der Waals surface area contributed by atoms with E-state index in [2.05, 4.69) is 5.43 Å². The molecule has 2 aromatic rings. The maximum atomic E-state index is 12.7. The molecule has 1 aliphatic heterocycles. The van der Waals surface area contributed by atoms with Crippen LogP contribution in [0.4, 0.5) is 5.69 Å². The third-order valence-electron chi connectivity index (χ3n) is 4.15. The molecule has 0 saturated carbocycles. The van der Waals surface area contributed by atoms with Crippen molar-refractivity contribution in [3.05, 3.63) is 58.1 Å². The number of carboxylic acids is 1. The number of benzene rings is 2. The zero-order chi connectivity index (χ0) is 21.1. The molecular weight excluding hydrogens is 400 g/mol. The van der Waals surface area contributed by atoms with Gasteiger partial charge in [-0.3, -0.25) is 15.0 Å². The van der Waals surface area contributed by atoms with Crippen LogP contribution in [-0.2, 0) is 14.4 Å². The first kappa shape index (κ1) is 20.2. The predicted molar refractivity (Wildman–Crippen MR) is 106 cm³/mol. The lowest BCUT2D eigenvalue weighted by Gasteiger charge is -2.15. The molecule has 1 fully saturated rings. The Morgan fingerprint density at radius 2 is 1.97 bits per heavy atom. The number of methoxy groups -OCH3 is 1. The maximum absolute atomic E-state index is 12.7. The highest BCUT2D eigenvalue weighted by Crippen LogP contribution is 2.30. The van der Waals surface area contributed by atoms with Gasteiger partial charge < -0.3 is 14.6 Å². The van der Waals surface area contributed by atoms with Gasteiger partial charge in [-0.1, -0.05) is 23.7 Å². The van der Waals surface area contributed by atoms with Crippen LogP contribution >= 0.6 is 11.6 Å². The molecule has 29 heavy (non-hydrogen) atoms. The Morgan fingerprint density at radius 1 is 1.21 bits per heavy atom. The van der Waals surface area contributed by atoms with Crippen LogP contribution in [0.2, 0.25) is 5.02 Å². The van der Waals surface area contributed by atoms with E-state index in [4.69, 9.17) is 26.2 Å². The Kier molecular flexibility index (Phi) is 5.74. The van der Waals surface area contributed by atoms with Gasteiger partial charge in [-0.05, 0) is 48.4 Å². The Balaban J connectivity index is 1.87. The first-order valence-corrected chi connectivity index (χ1v) is 8.84. The van der Waals surface area contributed by atoms with Crippen molar-refractivity contribution >= 4 is 41.1 Å². The van der Waals surface area contributed by atoms with E-state index in [0.717, 1.165) is 10.6 Å². The first-order valence-electron chi connectivity index (χ1n) is 8.46. The molecule has 9 heteroatoms. The summed E-state index contributed by atoms with van der Waals surface area (Å²) in [4.78, 5) is 35.7. The zero-order valence-electron chi connectivity index (χ0n) is 15.6. The molecule has 3 rings (SSSR count). The van der Waals surface area contributed by atoms with Crippen LogP contribution in [0.5, 0.6) is 11.5 Å². The van der Waals surface area contributed by atoms with Gasteiger partial charge in [0.05, 0.1) is 12.8 Å². The predicted octanol–water partition coefficient (Wildman–Crippen LogP) is 2.58. The van der Waals surface area contributed by atoms with Crippen LogP contribution in [0.3, 0.4) is 0 Å². The summed E-state index contributed by atoms with van der Waals surface area (Å²) in [5.74, 6) is -1.71. The number of hydrazine groups is 1. The molecule has 0 aromatic heterocycles. The van der Waals surface area contributed by atoms with Crippen LogP contribution in [0.1, 0.15) is 11.1 Å². The Morgan fingerprint density at radius 3 is 2.62 bits per heavy atom. The number of halogens is 1. The first-order chi connectivity index (χ1) is 13.8. The largest absolute Gasteiger partial charge is 0.493 e. The van der Waals surface area contributed by atoms with Gasteiger partial charge in [-0.15, -0.1) is 0 Å². The van der Waals surface area contributed by atoms with E-state index in [0.29, 0.717) is 16.3 Å². The minimum atomic E-state index is -1.12. The van der Waals surface area contributed by atoms with E-state index in [1.165, 1.54) is 25.3 Å². The molecule has 8 nitrogen and oxygen atoms in total. The van der Waals surface area contributed by atoms with Crippen molar-refractivity contribution in [3.63, 3.8) is 0 Å². The molecule has 2 amide bonds. The number of amides is 2. The lowest BCUT2D eigenvalue weighted by Crippen LogP contribution is -2.35. The fourth-order valence-corrected chi connectivity index (χ4v) is 2.83. The number of hydrogen-bond acceptors (Lipinski definition) is 5. The molecule has 1 aliphatic rings. The molecule has 0 aliphatic carbocycles. The van der Waals surface area contributed by atoms with Gasteiger partial charge in [-0.25, -0.2) is 9.80 Å². The van der Waals surface area contributed by atoms with Crippen molar-refractivity contribution in [2.75, 3.05) is 18.7 Å². The summed E-state index contributed by atoms with van der Waals surface area (Å²) in [6, 6.07) is 9.65. The molecule has 0 bridgehead atoms. The number of nitrogens with zero attached hydrogens (tertiary/aromatic N) is 1. The summed E-state index contributed by atoms with van der Waals surface area (Å²) >= 11 is 6.11. The summed E-state index contributed by atoms with van der Waals surface area (Å²) in [6.07, 6.45) is 1.41. The van der Waals surface area contributed by atoms with E-state index >= 15 is 0 Å². The molecule has 0 atom stereocenters. The number of anilines is 1. The smallest absolute Gasteiger partial charge is 0.341 e. The molecule has 0 spiro atoms. The average Bonchev–Trinajstić information content (AvgIpc) is 2.97. The topological polar surface area (TPSA) is 105 Å². The monoisotopic (exact) mass is 416 g/mol. The molecule has 1 heterocycles. The van der Waals surface area contributed by atoms with Crippen LogP contribution < -0.4 is 19.9 Å². The number of carboxylic acid groups (broad SMARTS) is 1. The van der Waals surface area contributed by atoms with Crippen molar-refractivity contribution in [2.45, 2.75) is 6.92 Å². The van der Waals surface area contributed by atoms with E-state index < -0.39 is 24.4 Å². The normalized spacial score (nSPS) is 14.9. The fraction of sp³-hybridized carbons (Fsp3) is 0.150. The number of carbonyl (C=O) groups is 3. The van der Waals surface area contributed by atoms with Gasteiger partial charge >= 0.3 is 5.97 Å². The zero-order valence-corrected chi connectivity index (χ0v) is 16.3. The van der Waals surface area contributed by atoms with E-state index in [9.17, 15) is 14.4 Å². The van der Waals surface area contributed by atoms with E-state index in [1.54, 1.807) is 24.3 Å². The summed E-state index contributed by atoms with van der Waals surface area (Å²) < 4.78 is 10.3. The number of aryl methyl sites for hydroxylation is 1. The standard InChI is InChI=1S/C20H17ClN2O6/c1-11-3-5-13(9-15(11)21)23-20(27)14(19(26)22-23)7-12-4-6-16(17(8-12)28-2)29-10-18(24)25/h3-9H,10H2,1-2H3,(H,22,26)(H,24,25)/b14-7-. The molecule has 0 unspecified atom stereocenters. The maximum Gasteiger partial charge on any atom is 0.341 e. The summed E-state index contributed by atoms with van der Waals surface area (Å²) in [6.45, 7) is 1.31. The van der Waals surface area contributed by atoms with Crippen LogP contribution in [0.15, 0.2) is 42.0 Å². The minimum Gasteiger partial charge on any atom is -0.493 e. The third-order valence-corrected chi connectivity index (χ3v) is 4.56. The van der Waals surface area contributed by atoms with Crippen molar-refractivity contribution in [1.29, 1.82) is 0 Å². The molecular formula is C20H17ClN2O6. The highest BCUT2D eigenvalue weighted by Gasteiger charge is 2.34. The van der Waals surface area contributed by atoms with Crippen LogP contribution in [0.25, 0.3) is 6.08 Å². The van der Waals surface area contributed by atoms with Gasteiger partial charge in [0, 0.05) is 5.02 Å². The molecule has 2 N–H and O–H groups in total. The van der Waals surface area contributed by atoms with Gasteiger partial charge in [0.25, 0.3) is 11.8 Å². The Bertz CT molecular complexity index is 1030. The second-order valence-electron chi connectivity index (χ2n) is 6.17. The molecule has 1 saturated heterocycles. The number of hydrogen-bond donors (Lipinski definition) is 2. The fourth-order valence-electron chi connectivity index (χ4n) is 2.66. The number of nitrogens with one attached hydrogen (secondary N) is 1. The summed E-state index contributed by atoms with van der Waals surface area (Å²) in [5.41, 5.74) is 4.24. The van der Waals surface area contributed by atoms with Crippen LogP contribution in [0, 0.1) is 6.92 Å². The van der Waals surface area contributed by atoms with Gasteiger partial charge in [-0.2, -0.15) is 0 Å². The van der Waals surface area contributed by atoms with Crippen molar-refractivity contribution in [3.8, 4) is 11.5 Å². The van der Waals surface area contributed by atoms with Crippen molar-refractivity contribution in [2.24, 2.45) is 0 Å². The number of carbonyl (C=O) groups excluding carboxylic acids is 2. The highest BCUT2D eigenvalue weighted by molar-refractivity contribution is 6.33. The van der Waals surface area contributed by atoms with Crippen LogP contribution in [-0.4, -0.2) is 36.6 Å². The SMILES string of the molecule is COc1cc(/C=C2/C(=O)NN(c3ccc(C)c(Cl)c3)C2=O)ccc1OCC(=O)O. The lowest BCUT2D eigenvalue weighted by atomic mass is 10.1. The molecule has 0 radical (unpaired) electrons. The molecule has 2 aromatic carbocycles. The van der Waals surface area contributed by atoms with Gasteiger partial charge in [0.15, 0.2) is 18.1 Å². The highest BCUT2D eigenvalue weighted by atomic mass is 35.5. The Hall–Kier alpha value is -3.52. The number of ether oxygens (including phenoxy) is 2. The summed E-state index contributed by atoms with van der Waals surface area (Å²) in [7, 11) is 1.40. The van der Waals surface area contributed by atoms with E-state index in [-0.39, 0.29) is 17.1 Å². The van der Waals surface area contributed by atoms with E-state index in [1.807, 2.05) is 6.92 Å². The molecule has 150 valence electrons. The van der Waals surface area contributed by atoms with Crippen molar-refractivity contribution < 1.29 is 29.0 Å². The second-order valence-corrected chi connectivity index (χ2v) is 6.57. The minimum absolute atomic E-state index is 0.0667. The van der Waals surface area contributed by atoms with Gasteiger partial charge in [0.2, 0.25) is 0 Å². The average molecular weight is 417 g/mol. The third kappa shape index (κ3) is 4.33. The van der Waals surface area contributed by atoms with Crippen molar-refractivity contribution in [1.82, 2.24) is 5.43 Å². The summed E-state index contributed by atoms with van der Waals surface area (Å²) in [5, 5.41) is 10.3. The van der Waals surface area contributed by atoms with Gasteiger partial charge in [0.1, 0.15) is 5.57 Å². The number of rotatable bonds is 6. The number of aliphatic carboxylic acids is 1. The Labute approximate surface area is 171 Å². The quantitative estimate of drug-likeness (QED) is 0.554. The second kappa shape index (κ2) is 8.24.